The molecule has 0 spiro atoms. The van der Waals surface area contributed by atoms with E-state index < -0.39 is 11.9 Å². The Balaban J connectivity index is 1.46. The average molecular weight is 349 g/mol. The molecule has 0 bridgehead atoms. The van der Waals surface area contributed by atoms with Crippen molar-refractivity contribution in [3.63, 3.8) is 0 Å². The molecule has 2 fully saturated rings. The minimum atomic E-state index is -0.726. The molecule has 1 amide bonds. The lowest BCUT2D eigenvalue weighted by atomic mass is 9.92. The fourth-order valence-electron chi connectivity index (χ4n) is 3.93. The van der Waals surface area contributed by atoms with Gasteiger partial charge in [-0.25, -0.2) is 4.39 Å². The first-order valence-electron chi connectivity index (χ1n) is 9.33. The largest absolute Gasteiger partial charge is 0.385 e. The quantitative estimate of drug-likeness (QED) is 0.906. The predicted octanol–water partition coefficient (Wildman–Crippen LogP) is 2.22. The maximum absolute atomic E-state index is 12.9. The highest BCUT2D eigenvalue weighted by Crippen LogP contribution is 2.24. The third-order valence-electron chi connectivity index (χ3n) is 5.43. The molecule has 2 aliphatic rings. The highest BCUT2D eigenvalue weighted by atomic mass is 19.1. The van der Waals surface area contributed by atoms with Crippen molar-refractivity contribution >= 4 is 5.91 Å². The van der Waals surface area contributed by atoms with Crippen LogP contribution in [0.1, 0.15) is 44.4 Å². The minimum absolute atomic E-state index is 0.114. The van der Waals surface area contributed by atoms with E-state index in [2.05, 4.69) is 16.8 Å². The summed E-state index contributed by atoms with van der Waals surface area (Å²) in [5, 5.41) is 10.3. The van der Waals surface area contributed by atoms with E-state index in [1.54, 1.807) is 0 Å². The summed E-state index contributed by atoms with van der Waals surface area (Å²) in [6.45, 7) is 6.09. The Morgan fingerprint density at radius 2 is 2.08 bits per heavy atom. The topological polar surface area (TPSA) is 56.7 Å². The zero-order chi connectivity index (χ0) is 17.8. The van der Waals surface area contributed by atoms with Crippen molar-refractivity contribution < 1.29 is 14.3 Å². The Hall–Kier alpha value is -1.53. The molecule has 3 heterocycles. The molecule has 0 aliphatic carbocycles. The number of nitrogens with zero attached hydrogens (tertiary/aromatic N) is 3. The molecule has 6 heteroatoms. The Kier molecular flexibility index (Phi) is 6.02. The smallest absolute Gasteiger partial charge is 0.225 e. The second kappa shape index (κ2) is 8.23. The third-order valence-corrected chi connectivity index (χ3v) is 5.43. The molecule has 2 saturated heterocycles. The van der Waals surface area contributed by atoms with E-state index >= 15 is 0 Å². The molecule has 0 saturated carbocycles. The standard InChI is InChI=1S/C19H28FN3O2/c1-14-3-2-8-23(12-14)19(25)15-6-9-22(10-7-15)13-18(24)17-5-4-16(20)11-21-17/h4-5,11,14-15,18,24H,2-3,6-10,12-13H2,1H3. The molecule has 2 unspecified atom stereocenters. The first-order chi connectivity index (χ1) is 12.0. The number of carbonyl (C=O) groups excluding carboxylic acids is 1. The Labute approximate surface area is 148 Å². The van der Waals surface area contributed by atoms with Crippen molar-refractivity contribution in [2.75, 3.05) is 32.7 Å². The van der Waals surface area contributed by atoms with Crippen molar-refractivity contribution in [3.8, 4) is 0 Å². The number of aliphatic hydroxyl groups excluding tert-OH is 1. The zero-order valence-electron chi connectivity index (χ0n) is 14.9. The zero-order valence-corrected chi connectivity index (χ0v) is 14.9. The van der Waals surface area contributed by atoms with Gasteiger partial charge in [-0.3, -0.25) is 9.78 Å². The van der Waals surface area contributed by atoms with Gasteiger partial charge in [-0.1, -0.05) is 6.92 Å². The van der Waals surface area contributed by atoms with Gasteiger partial charge in [-0.2, -0.15) is 0 Å². The van der Waals surface area contributed by atoms with E-state index in [1.807, 2.05) is 4.90 Å². The first kappa shape index (κ1) is 18.3. The van der Waals surface area contributed by atoms with Crippen LogP contribution in [0.3, 0.4) is 0 Å². The second-order valence-corrected chi connectivity index (χ2v) is 7.52. The second-order valence-electron chi connectivity index (χ2n) is 7.52. The summed E-state index contributed by atoms with van der Waals surface area (Å²) in [4.78, 5) is 20.8. The Morgan fingerprint density at radius 1 is 1.32 bits per heavy atom. The summed E-state index contributed by atoms with van der Waals surface area (Å²) in [7, 11) is 0. The highest BCUT2D eigenvalue weighted by molar-refractivity contribution is 5.79. The van der Waals surface area contributed by atoms with Gasteiger partial charge in [0.05, 0.1) is 11.9 Å². The van der Waals surface area contributed by atoms with Gasteiger partial charge in [0.2, 0.25) is 5.91 Å². The maximum atomic E-state index is 12.9. The number of aromatic nitrogens is 1. The van der Waals surface area contributed by atoms with Crippen LogP contribution in [0.5, 0.6) is 0 Å². The fraction of sp³-hybridized carbons (Fsp3) is 0.684. The van der Waals surface area contributed by atoms with Crippen molar-refractivity contribution in [1.82, 2.24) is 14.8 Å². The number of pyridine rings is 1. The highest BCUT2D eigenvalue weighted by Gasteiger charge is 2.31. The third kappa shape index (κ3) is 4.76. The van der Waals surface area contributed by atoms with Crippen LogP contribution >= 0.6 is 0 Å². The van der Waals surface area contributed by atoms with E-state index in [1.165, 1.54) is 18.6 Å². The number of rotatable bonds is 4. The summed E-state index contributed by atoms with van der Waals surface area (Å²) >= 11 is 0. The van der Waals surface area contributed by atoms with Crippen LogP contribution in [0.25, 0.3) is 0 Å². The predicted molar refractivity (Wildman–Crippen MR) is 93.3 cm³/mol. The number of carbonyl (C=O) groups is 1. The van der Waals surface area contributed by atoms with Gasteiger partial charge in [-0.05, 0) is 56.8 Å². The number of piperidine rings is 2. The van der Waals surface area contributed by atoms with Crippen LogP contribution in [-0.4, -0.2) is 58.5 Å². The molecule has 0 aromatic carbocycles. The Morgan fingerprint density at radius 3 is 2.72 bits per heavy atom. The molecule has 2 aliphatic heterocycles. The number of hydrogen-bond donors (Lipinski definition) is 1. The summed E-state index contributed by atoms with van der Waals surface area (Å²) in [5.74, 6) is 0.632. The van der Waals surface area contributed by atoms with E-state index in [0.717, 1.165) is 51.6 Å². The molecule has 1 N–H and O–H groups in total. The van der Waals surface area contributed by atoms with Gasteiger partial charge < -0.3 is 14.9 Å². The summed E-state index contributed by atoms with van der Waals surface area (Å²) in [6.07, 6.45) is 4.42. The molecule has 25 heavy (non-hydrogen) atoms. The molecule has 5 nitrogen and oxygen atoms in total. The van der Waals surface area contributed by atoms with Gasteiger partial charge in [0.15, 0.2) is 0 Å². The molecular formula is C19H28FN3O2. The molecule has 1 aromatic rings. The normalized spacial score (nSPS) is 24.3. The van der Waals surface area contributed by atoms with Gasteiger partial charge in [0.25, 0.3) is 0 Å². The van der Waals surface area contributed by atoms with Crippen LogP contribution in [0.4, 0.5) is 4.39 Å². The number of amides is 1. The van der Waals surface area contributed by atoms with E-state index in [9.17, 15) is 14.3 Å². The van der Waals surface area contributed by atoms with Crippen molar-refractivity contribution in [2.24, 2.45) is 11.8 Å². The number of β-amino-alcohol motifs (C(OH)–C–C–N with tert-alkyl or cyclic N) is 1. The van der Waals surface area contributed by atoms with Gasteiger partial charge in [-0.15, -0.1) is 0 Å². The number of aliphatic hydroxyl groups is 1. The fourth-order valence-corrected chi connectivity index (χ4v) is 3.93. The van der Waals surface area contributed by atoms with Crippen LogP contribution in [-0.2, 0) is 4.79 Å². The molecule has 2 atom stereocenters. The van der Waals surface area contributed by atoms with Crippen LogP contribution in [0.15, 0.2) is 18.3 Å². The van der Waals surface area contributed by atoms with Crippen LogP contribution < -0.4 is 0 Å². The minimum Gasteiger partial charge on any atom is -0.385 e. The van der Waals surface area contributed by atoms with Crippen LogP contribution in [0, 0.1) is 17.7 Å². The molecule has 0 radical (unpaired) electrons. The van der Waals surface area contributed by atoms with E-state index in [0.29, 0.717) is 24.1 Å². The van der Waals surface area contributed by atoms with E-state index in [4.69, 9.17) is 0 Å². The number of likely N-dealkylation sites (tertiary alicyclic amines) is 2. The molecule has 3 rings (SSSR count). The monoisotopic (exact) mass is 349 g/mol. The van der Waals surface area contributed by atoms with Crippen molar-refractivity contribution in [3.05, 3.63) is 29.8 Å². The van der Waals surface area contributed by atoms with Crippen molar-refractivity contribution in [1.29, 1.82) is 0 Å². The lowest BCUT2D eigenvalue weighted by molar-refractivity contribution is -0.138. The molecular weight excluding hydrogens is 321 g/mol. The van der Waals surface area contributed by atoms with Gasteiger partial charge in [0.1, 0.15) is 11.9 Å². The lowest BCUT2D eigenvalue weighted by Gasteiger charge is -2.37. The molecule has 1 aromatic heterocycles. The first-order valence-corrected chi connectivity index (χ1v) is 9.33. The number of hydrogen-bond acceptors (Lipinski definition) is 4. The summed E-state index contributed by atoms with van der Waals surface area (Å²) in [6, 6.07) is 2.84. The lowest BCUT2D eigenvalue weighted by Crippen LogP contribution is -2.46. The van der Waals surface area contributed by atoms with Crippen molar-refractivity contribution in [2.45, 2.75) is 38.7 Å². The Bertz CT molecular complexity index is 573. The summed E-state index contributed by atoms with van der Waals surface area (Å²) in [5.41, 5.74) is 0.488. The van der Waals surface area contributed by atoms with Gasteiger partial charge in [0, 0.05) is 25.6 Å². The maximum Gasteiger partial charge on any atom is 0.225 e. The SMILES string of the molecule is CC1CCCN(C(=O)C2CCN(CC(O)c3ccc(F)cn3)CC2)C1. The number of halogens is 1. The van der Waals surface area contributed by atoms with Gasteiger partial charge >= 0.3 is 0 Å². The summed E-state index contributed by atoms with van der Waals surface area (Å²) < 4.78 is 12.9. The van der Waals surface area contributed by atoms with Crippen LogP contribution in [0.2, 0.25) is 0 Å². The average Bonchev–Trinajstić information content (AvgIpc) is 2.62. The van der Waals surface area contributed by atoms with E-state index in [-0.39, 0.29) is 5.92 Å². The molecule has 138 valence electrons.